The third-order valence-electron chi connectivity index (χ3n) is 0.168. The molecule has 0 spiro atoms. The maximum atomic E-state index is 8.01. The van der Waals surface area contributed by atoms with Gasteiger partial charge in [0.2, 0.25) is 0 Å². The number of rotatable bonds is 0. The van der Waals surface area contributed by atoms with Crippen molar-refractivity contribution in [1.29, 1.82) is 0 Å². The summed E-state index contributed by atoms with van der Waals surface area (Å²) in [6.07, 6.45) is 1.70. The van der Waals surface area contributed by atoms with Crippen LogP contribution in [0.4, 0.5) is 0 Å². The Hall–Kier alpha value is 0.310. The van der Waals surface area contributed by atoms with Crippen molar-refractivity contribution in [3.63, 3.8) is 0 Å². The van der Waals surface area contributed by atoms with Crippen LogP contribution >= 0.6 is 23.4 Å². The Morgan fingerprint density at radius 3 is 2.20 bits per heavy atom. The minimum atomic E-state index is -0.106. The number of halogens is 1. The predicted octanol–water partition coefficient (Wildman–Crippen LogP) is 1.05. The number of hydrogen-bond acceptors (Lipinski definition) is 1. The first-order valence-corrected chi connectivity index (χ1v) is 2.63. The molecule has 0 aromatic carbocycles. The van der Waals surface area contributed by atoms with Crippen LogP contribution in [-0.4, -0.2) is 15.6 Å². The van der Waals surface area contributed by atoms with Gasteiger partial charge in [-0.15, -0.1) is 0 Å². The second-order valence-corrected chi connectivity index (χ2v) is 1.83. The fraction of sp³-hybridized carbons (Fsp3) is 0.500. The second kappa shape index (κ2) is 2.54. The van der Waals surface area contributed by atoms with E-state index in [0.717, 1.165) is 11.8 Å². The average Bonchev–Trinajstić information content (AvgIpc) is 1.38. The highest BCUT2D eigenvalue weighted by Gasteiger charge is 1.92. The van der Waals surface area contributed by atoms with Crippen LogP contribution in [0, 0.1) is 0 Å². The predicted molar refractivity (Wildman–Crippen MR) is 26.3 cm³/mol. The second-order valence-electron chi connectivity index (χ2n) is 0.457. The van der Waals surface area contributed by atoms with E-state index < -0.39 is 0 Å². The number of hydrogen-bond donors (Lipinski definition) is 0. The molecular formula is C2H4ClOS+. The van der Waals surface area contributed by atoms with E-state index in [1.165, 1.54) is 0 Å². The monoisotopic (exact) mass is 111 g/mol. The molecule has 0 aliphatic carbocycles. The topological polar surface area (TPSA) is 21.4 Å². The summed E-state index contributed by atoms with van der Waals surface area (Å²) in [5.41, 5.74) is 0. The summed E-state index contributed by atoms with van der Waals surface area (Å²) < 4.78 is -0.106. The number of carbonyl (C=O) groups excluding carboxylic acids is 1. The third kappa shape index (κ3) is 4.31. The highest BCUT2D eigenvalue weighted by Crippen LogP contribution is 1.95. The van der Waals surface area contributed by atoms with E-state index in [9.17, 15) is 0 Å². The van der Waals surface area contributed by atoms with Crippen molar-refractivity contribution in [2.75, 3.05) is 6.26 Å². The summed E-state index contributed by atoms with van der Waals surface area (Å²) in [6.45, 7) is 0. The van der Waals surface area contributed by atoms with Gasteiger partial charge in [-0.25, -0.2) is 0 Å². The van der Waals surface area contributed by atoms with E-state index >= 15 is 0 Å². The molecule has 0 amide bonds. The fourth-order valence-electron chi connectivity index (χ4n) is 0. The van der Waals surface area contributed by atoms with E-state index in [-0.39, 0.29) is 4.57 Å². The van der Waals surface area contributed by atoms with Crippen LogP contribution in [-0.2, 0) is 0 Å². The molecule has 0 aliphatic rings. The van der Waals surface area contributed by atoms with Crippen LogP contribution in [0.3, 0.4) is 0 Å². The highest BCUT2D eigenvalue weighted by molar-refractivity contribution is 8.15. The van der Waals surface area contributed by atoms with Gasteiger partial charge in [0, 0.05) is 11.6 Å². The largest absolute Gasteiger partial charge is 0.447 e. The van der Waals surface area contributed by atoms with Crippen LogP contribution in [0.2, 0.25) is 0 Å². The first-order chi connectivity index (χ1) is 2.27. The summed E-state index contributed by atoms with van der Waals surface area (Å²) in [5, 5.41) is 0. The van der Waals surface area contributed by atoms with Gasteiger partial charge in [-0.1, -0.05) is 0 Å². The van der Waals surface area contributed by atoms with E-state index in [4.69, 9.17) is 16.4 Å². The Morgan fingerprint density at radius 1 is 2.00 bits per heavy atom. The van der Waals surface area contributed by atoms with Gasteiger partial charge in [-0.2, -0.15) is 0 Å². The first kappa shape index (κ1) is 5.31. The van der Waals surface area contributed by atoms with Gasteiger partial charge in [0.05, 0.1) is 0 Å². The lowest BCUT2D eigenvalue weighted by Gasteiger charge is -1.59. The van der Waals surface area contributed by atoms with Crippen molar-refractivity contribution in [2.45, 2.75) is 0 Å². The van der Waals surface area contributed by atoms with E-state index in [1.807, 2.05) is 0 Å². The quantitative estimate of drug-likeness (QED) is 0.338. The lowest BCUT2D eigenvalue weighted by Crippen LogP contribution is -1.67. The minimum absolute atomic E-state index is 0.106. The Kier molecular flexibility index (Phi) is 2.70. The van der Waals surface area contributed by atoms with Gasteiger partial charge < -0.3 is 0 Å². The summed E-state index contributed by atoms with van der Waals surface area (Å²) in [6, 6.07) is 0. The Morgan fingerprint density at radius 2 is 2.20 bits per heavy atom. The third-order valence-corrected chi connectivity index (χ3v) is 0.968. The zero-order valence-electron chi connectivity index (χ0n) is 2.73. The summed E-state index contributed by atoms with van der Waals surface area (Å²) in [4.78, 5) is 8.01. The van der Waals surface area contributed by atoms with E-state index in [1.54, 1.807) is 6.26 Å². The van der Waals surface area contributed by atoms with Crippen molar-refractivity contribution in [1.82, 2.24) is 0 Å². The SMILES string of the molecule is CSC(=[OH+])Cl. The van der Waals surface area contributed by atoms with E-state index in [2.05, 4.69) is 0 Å². The maximum Gasteiger partial charge on any atom is 0.447 e. The molecule has 0 rings (SSSR count). The normalized spacial score (nSPS) is 7.60. The molecule has 0 saturated heterocycles. The molecule has 0 atom stereocenters. The zero-order chi connectivity index (χ0) is 4.28. The summed E-state index contributed by atoms with van der Waals surface area (Å²) in [7, 11) is 0. The van der Waals surface area contributed by atoms with Gasteiger partial charge in [-0.3, -0.25) is 4.79 Å². The van der Waals surface area contributed by atoms with Crippen molar-refractivity contribution in [2.24, 2.45) is 0 Å². The van der Waals surface area contributed by atoms with Gasteiger partial charge in [-0.05, 0) is 18.0 Å². The van der Waals surface area contributed by atoms with E-state index in [0.29, 0.717) is 0 Å². The molecule has 0 fully saturated rings. The van der Waals surface area contributed by atoms with Gasteiger partial charge >= 0.3 is 4.57 Å². The molecule has 0 bridgehead atoms. The Balaban J connectivity index is 2.85. The molecule has 0 unspecified atom stereocenters. The minimum Gasteiger partial charge on any atom is -0.256 e. The molecule has 0 radical (unpaired) electrons. The molecule has 0 saturated carbocycles. The summed E-state index contributed by atoms with van der Waals surface area (Å²) in [5.74, 6) is 0. The first-order valence-electron chi connectivity index (χ1n) is 1.02. The Labute approximate surface area is 39.7 Å². The molecular weight excluding hydrogens is 108 g/mol. The van der Waals surface area contributed by atoms with Crippen LogP contribution in [0.15, 0.2) is 0 Å². The van der Waals surface area contributed by atoms with Gasteiger partial charge in [0.15, 0.2) is 0 Å². The molecule has 5 heavy (non-hydrogen) atoms. The van der Waals surface area contributed by atoms with Crippen LogP contribution in [0.25, 0.3) is 0 Å². The lowest BCUT2D eigenvalue weighted by atomic mass is 11.8. The van der Waals surface area contributed by atoms with Crippen LogP contribution in [0.5, 0.6) is 0 Å². The number of thioether (sulfide) groups is 1. The van der Waals surface area contributed by atoms with Crippen molar-refractivity contribution < 1.29 is 4.79 Å². The molecule has 0 aromatic heterocycles. The average molecular weight is 112 g/mol. The zero-order valence-corrected chi connectivity index (χ0v) is 4.31. The standard InChI is InChI=1S/C2H3ClOS/c1-5-2(3)4/h1H3/p+1. The van der Waals surface area contributed by atoms with Crippen LogP contribution in [0.1, 0.15) is 0 Å². The molecule has 1 nitrogen and oxygen atoms in total. The lowest BCUT2D eigenvalue weighted by molar-refractivity contribution is 0.698. The molecule has 0 aliphatic heterocycles. The smallest absolute Gasteiger partial charge is 0.256 e. The maximum absolute atomic E-state index is 8.01. The molecule has 1 N–H and O–H groups in total. The van der Waals surface area contributed by atoms with Crippen LogP contribution < -0.4 is 0 Å². The molecule has 30 valence electrons. The molecule has 0 heterocycles. The van der Waals surface area contributed by atoms with Crippen molar-refractivity contribution in [3.05, 3.63) is 0 Å². The van der Waals surface area contributed by atoms with Crippen molar-refractivity contribution >= 4 is 27.9 Å². The molecule has 0 aromatic rings. The molecule has 3 heteroatoms. The fourth-order valence-corrected chi connectivity index (χ4v) is 0. The van der Waals surface area contributed by atoms with Crippen molar-refractivity contribution in [3.8, 4) is 0 Å². The highest BCUT2D eigenvalue weighted by atomic mass is 35.5. The van der Waals surface area contributed by atoms with Gasteiger partial charge in [0.1, 0.15) is 0 Å². The summed E-state index contributed by atoms with van der Waals surface area (Å²) >= 11 is 6.01. The van der Waals surface area contributed by atoms with Gasteiger partial charge in [0.25, 0.3) is 0 Å². The Bertz CT molecular complexity index is 44.9.